The van der Waals surface area contributed by atoms with E-state index in [4.69, 9.17) is 8.83 Å². The molecule has 0 unspecified atom stereocenters. The zero-order valence-corrected chi connectivity index (χ0v) is 34.0. The van der Waals surface area contributed by atoms with Crippen LogP contribution < -0.4 is 14.7 Å². The molecule has 0 atom stereocenters. The summed E-state index contributed by atoms with van der Waals surface area (Å²) in [4.78, 5) is 7.19. The largest absolute Gasteiger partial charge is 0.456 e. The van der Waals surface area contributed by atoms with Crippen LogP contribution in [0.1, 0.15) is 0 Å². The van der Waals surface area contributed by atoms with Crippen molar-refractivity contribution in [3.05, 3.63) is 224 Å². The van der Waals surface area contributed by atoms with Crippen LogP contribution in [0.4, 0.5) is 51.2 Å². The van der Waals surface area contributed by atoms with Crippen molar-refractivity contribution in [3.63, 3.8) is 0 Å². The number of furan rings is 2. The van der Waals surface area contributed by atoms with Crippen molar-refractivity contribution >= 4 is 106 Å². The highest BCUT2D eigenvalue weighted by atomic mass is 16.3. The normalized spacial score (nSPS) is 12.4. The van der Waals surface area contributed by atoms with Gasteiger partial charge in [0.2, 0.25) is 0 Å². The molecule has 0 bridgehead atoms. The number of para-hydroxylation sites is 7. The fourth-order valence-electron chi connectivity index (χ4n) is 9.79. The highest BCUT2D eigenvalue weighted by Crippen LogP contribution is 2.57. The third-order valence-electron chi connectivity index (χ3n) is 12.5. The van der Waals surface area contributed by atoms with Gasteiger partial charge >= 0.3 is 0 Å². The zero-order chi connectivity index (χ0) is 41.4. The lowest BCUT2D eigenvalue weighted by Crippen LogP contribution is -2.24. The number of benzene rings is 10. The SMILES string of the molecule is c1ccc(N(c2ccc3c(c2)N(c2ccccc2)c2ccccc2N3c2ccc(-c3cccc4c3oc3ccccc34)c3ccccc23)c2ccc3oc4ccccc4c3c2)cc1. The molecule has 12 aromatic rings. The second-order valence-electron chi connectivity index (χ2n) is 16.1. The number of hydrogen-bond acceptors (Lipinski definition) is 5. The van der Waals surface area contributed by atoms with Crippen LogP contribution >= 0.6 is 0 Å². The van der Waals surface area contributed by atoms with Gasteiger partial charge < -0.3 is 23.5 Å². The first-order valence-electron chi connectivity index (χ1n) is 21.3. The van der Waals surface area contributed by atoms with E-state index >= 15 is 0 Å². The summed E-state index contributed by atoms with van der Waals surface area (Å²) in [7, 11) is 0. The molecular weight excluding hydrogens is 771 g/mol. The Morgan fingerprint density at radius 1 is 0.286 bits per heavy atom. The van der Waals surface area contributed by atoms with Crippen LogP contribution in [0.3, 0.4) is 0 Å². The molecule has 5 nitrogen and oxygen atoms in total. The number of anilines is 9. The quantitative estimate of drug-likeness (QED) is 0.167. The summed E-state index contributed by atoms with van der Waals surface area (Å²) in [6.07, 6.45) is 0. The summed E-state index contributed by atoms with van der Waals surface area (Å²) in [5, 5.41) is 6.73. The van der Waals surface area contributed by atoms with Gasteiger partial charge in [-0.15, -0.1) is 0 Å². The molecule has 3 heterocycles. The molecule has 5 heteroatoms. The standard InChI is InChI=1S/C58H37N3O2/c1-3-16-38(17-4-1)59(40-31-35-57-49(36-40)46-23-10-13-28-55(46)62-57)41-30-33-53-54(37-41)60(39-18-5-2-6-19-39)51-26-11-12-27-52(51)61(53)50-34-32-43(42-20-7-8-21-44(42)50)47-24-15-25-48-45-22-9-14-29-56(45)63-58(47)48/h1-37H. The van der Waals surface area contributed by atoms with Gasteiger partial charge in [0.05, 0.1) is 28.4 Å². The van der Waals surface area contributed by atoms with Gasteiger partial charge in [0.25, 0.3) is 0 Å². The molecule has 0 spiro atoms. The first-order valence-corrected chi connectivity index (χ1v) is 21.3. The average molecular weight is 808 g/mol. The lowest BCUT2D eigenvalue weighted by molar-refractivity contribution is 0.669. The molecule has 2 aromatic heterocycles. The van der Waals surface area contributed by atoms with Crippen molar-refractivity contribution < 1.29 is 8.83 Å². The van der Waals surface area contributed by atoms with Crippen molar-refractivity contribution in [2.75, 3.05) is 14.7 Å². The highest BCUT2D eigenvalue weighted by Gasteiger charge is 2.32. The van der Waals surface area contributed by atoms with E-state index in [1.165, 1.54) is 0 Å². The smallest absolute Gasteiger partial charge is 0.143 e. The molecule has 10 aromatic carbocycles. The summed E-state index contributed by atoms with van der Waals surface area (Å²) >= 11 is 0. The molecule has 1 aliphatic heterocycles. The molecule has 0 saturated carbocycles. The van der Waals surface area contributed by atoms with Crippen molar-refractivity contribution in [2.45, 2.75) is 0 Å². The van der Waals surface area contributed by atoms with Crippen LogP contribution in [0.15, 0.2) is 233 Å². The van der Waals surface area contributed by atoms with Crippen molar-refractivity contribution in [3.8, 4) is 11.1 Å². The van der Waals surface area contributed by atoms with Gasteiger partial charge in [0, 0.05) is 55.2 Å². The molecule has 13 rings (SSSR count). The van der Waals surface area contributed by atoms with Crippen LogP contribution in [-0.2, 0) is 0 Å². The maximum absolute atomic E-state index is 6.59. The van der Waals surface area contributed by atoms with Gasteiger partial charge in [-0.3, -0.25) is 0 Å². The molecular formula is C58H37N3O2. The Labute approximate surface area is 363 Å². The fourth-order valence-corrected chi connectivity index (χ4v) is 9.79. The first-order chi connectivity index (χ1) is 31.3. The lowest BCUT2D eigenvalue weighted by Gasteiger charge is -2.41. The predicted octanol–water partition coefficient (Wildman–Crippen LogP) is 17.0. The van der Waals surface area contributed by atoms with E-state index < -0.39 is 0 Å². The predicted molar refractivity (Wildman–Crippen MR) is 262 cm³/mol. The topological polar surface area (TPSA) is 36.0 Å². The van der Waals surface area contributed by atoms with Crippen molar-refractivity contribution in [2.24, 2.45) is 0 Å². The summed E-state index contributed by atoms with van der Waals surface area (Å²) in [6.45, 7) is 0. The third kappa shape index (κ3) is 5.50. The minimum absolute atomic E-state index is 0.869. The maximum Gasteiger partial charge on any atom is 0.143 e. The zero-order valence-electron chi connectivity index (χ0n) is 34.0. The minimum Gasteiger partial charge on any atom is -0.456 e. The average Bonchev–Trinajstić information content (AvgIpc) is 3.92. The van der Waals surface area contributed by atoms with E-state index in [0.717, 1.165) is 117 Å². The van der Waals surface area contributed by atoms with Gasteiger partial charge in [0.15, 0.2) is 0 Å². The van der Waals surface area contributed by atoms with Gasteiger partial charge in [-0.1, -0.05) is 133 Å². The monoisotopic (exact) mass is 807 g/mol. The summed E-state index contributed by atoms with van der Waals surface area (Å²) in [5.74, 6) is 0. The number of rotatable bonds is 6. The van der Waals surface area contributed by atoms with E-state index in [2.05, 4.69) is 221 Å². The first kappa shape index (κ1) is 35.2. The molecule has 0 radical (unpaired) electrons. The Morgan fingerprint density at radius 3 is 1.63 bits per heavy atom. The maximum atomic E-state index is 6.59. The summed E-state index contributed by atoms with van der Waals surface area (Å²) in [5.41, 5.74) is 15.4. The second kappa shape index (κ2) is 14.0. The van der Waals surface area contributed by atoms with Crippen LogP contribution in [0.25, 0.3) is 65.8 Å². The second-order valence-corrected chi connectivity index (χ2v) is 16.1. The molecule has 0 amide bonds. The molecule has 296 valence electrons. The fraction of sp³-hybridized carbons (Fsp3) is 0. The van der Waals surface area contributed by atoms with E-state index in [1.54, 1.807) is 0 Å². The molecule has 0 aliphatic carbocycles. The van der Waals surface area contributed by atoms with Crippen LogP contribution in [0.2, 0.25) is 0 Å². The molecule has 0 N–H and O–H groups in total. The Bertz CT molecular complexity index is 3720. The van der Waals surface area contributed by atoms with E-state index in [-0.39, 0.29) is 0 Å². The minimum atomic E-state index is 0.869. The Kier molecular flexibility index (Phi) is 7.84. The van der Waals surface area contributed by atoms with E-state index in [1.807, 2.05) is 18.2 Å². The molecule has 0 saturated heterocycles. The van der Waals surface area contributed by atoms with Gasteiger partial charge in [-0.25, -0.2) is 0 Å². The number of fused-ring (bicyclic) bond motifs is 9. The summed E-state index contributed by atoms with van der Waals surface area (Å²) < 4.78 is 12.9. The third-order valence-corrected chi connectivity index (χ3v) is 12.5. The summed E-state index contributed by atoms with van der Waals surface area (Å²) in [6, 6.07) is 79.8. The van der Waals surface area contributed by atoms with Gasteiger partial charge in [-0.2, -0.15) is 0 Å². The molecule has 1 aliphatic rings. The van der Waals surface area contributed by atoms with E-state index in [0.29, 0.717) is 0 Å². The highest BCUT2D eigenvalue weighted by molar-refractivity contribution is 6.15. The van der Waals surface area contributed by atoms with Gasteiger partial charge in [-0.05, 0) is 102 Å². The van der Waals surface area contributed by atoms with Crippen LogP contribution in [-0.4, -0.2) is 0 Å². The number of nitrogens with zero attached hydrogens (tertiary/aromatic N) is 3. The Morgan fingerprint density at radius 2 is 0.841 bits per heavy atom. The van der Waals surface area contributed by atoms with Crippen molar-refractivity contribution in [1.29, 1.82) is 0 Å². The lowest BCUT2D eigenvalue weighted by atomic mass is 9.94. The molecule has 0 fully saturated rings. The van der Waals surface area contributed by atoms with Gasteiger partial charge in [0.1, 0.15) is 22.3 Å². The van der Waals surface area contributed by atoms with Crippen LogP contribution in [0, 0.1) is 0 Å². The van der Waals surface area contributed by atoms with Crippen LogP contribution in [0.5, 0.6) is 0 Å². The molecule has 63 heavy (non-hydrogen) atoms. The number of hydrogen-bond donors (Lipinski definition) is 0. The van der Waals surface area contributed by atoms with E-state index in [9.17, 15) is 0 Å². The van der Waals surface area contributed by atoms with Crippen molar-refractivity contribution in [1.82, 2.24) is 0 Å². The Hall–Kier alpha value is -8.54. The Balaban J connectivity index is 1.03.